The average molecular weight is 281 g/mol. The fraction of sp³-hybridized carbons (Fsp3) is 0.636. The van der Waals surface area contributed by atoms with Crippen LogP contribution < -0.4 is 10.6 Å². The summed E-state index contributed by atoms with van der Waals surface area (Å²) in [5.41, 5.74) is 1.25. The summed E-state index contributed by atoms with van der Waals surface area (Å²) in [7, 11) is 0. The highest BCUT2D eigenvalue weighted by molar-refractivity contribution is 7.20. The number of hydrogen-bond acceptors (Lipinski definition) is 3. The molecule has 0 radical (unpaired) electrons. The van der Waals surface area contributed by atoms with Gasteiger partial charge in [-0.3, -0.25) is 0 Å². The van der Waals surface area contributed by atoms with Gasteiger partial charge in [-0.25, -0.2) is 0 Å². The van der Waals surface area contributed by atoms with E-state index in [1.54, 1.807) is 0 Å². The largest absolute Gasteiger partial charge is 0.311 e. The molecule has 0 unspecified atom stereocenters. The standard InChI is InChI=1S/C11H18Cl2N2S/c1-11(2,3)15-5-4-14-7-8-6-9(12)16-10(8)13/h6,14-15H,4-5,7H2,1-3H3. The van der Waals surface area contributed by atoms with E-state index in [4.69, 9.17) is 23.2 Å². The smallest absolute Gasteiger partial charge is 0.0989 e. The van der Waals surface area contributed by atoms with Crippen LogP contribution in [0.15, 0.2) is 6.07 Å². The maximum Gasteiger partial charge on any atom is 0.0989 e. The van der Waals surface area contributed by atoms with Crippen molar-refractivity contribution in [3.8, 4) is 0 Å². The van der Waals surface area contributed by atoms with Gasteiger partial charge >= 0.3 is 0 Å². The van der Waals surface area contributed by atoms with E-state index in [-0.39, 0.29) is 5.54 Å². The van der Waals surface area contributed by atoms with Crippen molar-refractivity contribution in [2.24, 2.45) is 0 Å². The lowest BCUT2D eigenvalue weighted by Crippen LogP contribution is -2.40. The third-order valence-electron chi connectivity index (χ3n) is 2.00. The van der Waals surface area contributed by atoms with Crippen molar-refractivity contribution in [2.45, 2.75) is 32.9 Å². The molecule has 1 aromatic rings. The highest BCUT2D eigenvalue weighted by atomic mass is 35.5. The SMILES string of the molecule is CC(C)(C)NCCNCc1cc(Cl)sc1Cl. The molecule has 0 aromatic carbocycles. The molecule has 0 bridgehead atoms. The molecule has 92 valence electrons. The molecule has 0 spiro atoms. The minimum Gasteiger partial charge on any atom is -0.311 e. The first-order chi connectivity index (χ1) is 7.38. The van der Waals surface area contributed by atoms with Gasteiger partial charge in [-0.15, -0.1) is 11.3 Å². The minimum atomic E-state index is 0.172. The van der Waals surface area contributed by atoms with Crippen LogP contribution in [0.4, 0.5) is 0 Å². The van der Waals surface area contributed by atoms with E-state index in [9.17, 15) is 0 Å². The minimum absolute atomic E-state index is 0.172. The molecule has 16 heavy (non-hydrogen) atoms. The summed E-state index contributed by atoms with van der Waals surface area (Å²) in [6.07, 6.45) is 0. The Hall–Kier alpha value is 0.200. The summed E-state index contributed by atoms with van der Waals surface area (Å²) >= 11 is 13.3. The Morgan fingerprint density at radius 3 is 2.44 bits per heavy atom. The highest BCUT2D eigenvalue weighted by Crippen LogP contribution is 2.30. The summed E-state index contributed by atoms with van der Waals surface area (Å²) in [5, 5.41) is 6.74. The van der Waals surface area contributed by atoms with Crippen molar-refractivity contribution in [2.75, 3.05) is 13.1 Å². The Labute approximate surface area is 111 Å². The molecule has 1 heterocycles. The fourth-order valence-electron chi connectivity index (χ4n) is 1.24. The highest BCUT2D eigenvalue weighted by Gasteiger charge is 2.08. The lowest BCUT2D eigenvalue weighted by Gasteiger charge is -2.20. The Balaban J connectivity index is 2.19. The van der Waals surface area contributed by atoms with Crippen LogP contribution in [-0.2, 0) is 6.54 Å². The molecule has 0 aliphatic rings. The number of hydrogen-bond donors (Lipinski definition) is 2. The van der Waals surface area contributed by atoms with Crippen molar-refractivity contribution in [3.05, 3.63) is 20.3 Å². The molecule has 0 saturated carbocycles. The van der Waals surface area contributed by atoms with Gasteiger partial charge in [0.25, 0.3) is 0 Å². The fourth-order valence-corrected chi connectivity index (χ4v) is 2.73. The second-order valence-electron chi connectivity index (χ2n) is 4.70. The topological polar surface area (TPSA) is 24.1 Å². The molecule has 0 atom stereocenters. The maximum absolute atomic E-state index is 6.01. The monoisotopic (exact) mass is 280 g/mol. The Morgan fingerprint density at radius 2 is 1.94 bits per heavy atom. The first-order valence-corrected chi connectivity index (χ1v) is 6.85. The predicted molar refractivity (Wildman–Crippen MR) is 73.8 cm³/mol. The molecule has 2 nitrogen and oxygen atoms in total. The van der Waals surface area contributed by atoms with Crippen molar-refractivity contribution in [1.29, 1.82) is 0 Å². The van der Waals surface area contributed by atoms with Crippen molar-refractivity contribution < 1.29 is 0 Å². The third kappa shape index (κ3) is 5.51. The number of rotatable bonds is 5. The van der Waals surface area contributed by atoms with E-state index < -0.39 is 0 Å². The van der Waals surface area contributed by atoms with Crippen molar-refractivity contribution >= 4 is 34.5 Å². The van der Waals surface area contributed by atoms with E-state index in [0.29, 0.717) is 0 Å². The van der Waals surface area contributed by atoms with Crippen LogP contribution in [0.25, 0.3) is 0 Å². The summed E-state index contributed by atoms with van der Waals surface area (Å²) in [4.78, 5) is 0. The van der Waals surface area contributed by atoms with E-state index in [0.717, 1.165) is 33.9 Å². The number of nitrogens with one attached hydrogen (secondary N) is 2. The van der Waals surface area contributed by atoms with Crippen LogP contribution in [0, 0.1) is 0 Å². The summed E-state index contributed by atoms with van der Waals surface area (Å²) < 4.78 is 1.52. The van der Waals surface area contributed by atoms with Crippen molar-refractivity contribution in [1.82, 2.24) is 10.6 Å². The quantitative estimate of drug-likeness (QED) is 0.807. The zero-order chi connectivity index (χ0) is 12.2. The second kappa shape index (κ2) is 6.22. The molecule has 5 heteroatoms. The van der Waals surface area contributed by atoms with Gasteiger partial charge in [-0.1, -0.05) is 23.2 Å². The Bertz CT molecular complexity index is 331. The molecular weight excluding hydrogens is 263 g/mol. The molecule has 0 fully saturated rings. The third-order valence-corrected chi connectivity index (χ3v) is 3.57. The van der Waals surface area contributed by atoms with Gasteiger partial charge in [0.2, 0.25) is 0 Å². The Morgan fingerprint density at radius 1 is 1.25 bits per heavy atom. The summed E-state index contributed by atoms with van der Waals surface area (Å²) in [6.45, 7) is 9.10. The van der Waals surface area contributed by atoms with Crippen LogP contribution in [-0.4, -0.2) is 18.6 Å². The predicted octanol–water partition coefficient (Wildman–Crippen LogP) is 3.53. The second-order valence-corrected chi connectivity index (χ2v) is 6.99. The van der Waals surface area contributed by atoms with Crippen LogP contribution in [0.5, 0.6) is 0 Å². The summed E-state index contributed by atoms with van der Waals surface area (Å²) in [5.74, 6) is 0. The Kier molecular flexibility index (Phi) is 5.54. The van der Waals surface area contributed by atoms with Gasteiger partial charge < -0.3 is 10.6 Å². The lowest BCUT2D eigenvalue weighted by molar-refractivity contribution is 0.421. The van der Waals surface area contributed by atoms with Gasteiger partial charge in [0.05, 0.1) is 8.67 Å². The average Bonchev–Trinajstić information content (AvgIpc) is 2.42. The maximum atomic E-state index is 6.01. The van der Waals surface area contributed by atoms with E-state index in [1.165, 1.54) is 11.3 Å². The van der Waals surface area contributed by atoms with Gasteiger partial charge in [-0.05, 0) is 32.4 Å². The molecule has 0 amide bonds. The first kappa shape index (κ1) is 14.3. The zero-order valence-electron chi connectivity index (χ0n) is 9.86. The number of halogens is 2. The van der Waals surface area contributed by atoms with Gasteiger partial charge in [-0.2, -0.15) is 0 Å². The molecule has 2 N–H and O–H groups in total. The molecule has 1 rings (SSSR count). The van der Waals surface area contributed by atoms with Gasteiger partial charge in [0.1, 0.15) is 0 Å². The molecule has 0 aliphatic carbocycles. The van der Waals surface area contributed by atoms with Crippen molar-refractivity contribution in [3.63, 3.8) is 0 Å². The van der Waals surface area contributed by atoms with Gasteiger partial charge in [0, 0.05) is 25.2 Å². The van der Waals surface area contributed by atoms with E-state index in [1.807, 2.05) is 6.07 Å². The van der Waals surface area contributed by atoms with Crippen LogP contribution in [0.2, 0.25) is 8.67 Å². The lowest BCUT2D eigenvalue weighted by atomic mass is 10.1. The molecule has 1 aromatic heterocycles. The van der Waals surface area contributed by atoms with E-state index in [2.05, 4.69) is 31.4 Å². The van der Waals surface area contributed by atoms with Crippen LogP contribution in [0.3, 0.4) is 0 Å². The normalized spacial score (nSPS) is 12.1. The molecule has 0 saturated heterocycles. The van der Waals surface area contributed by atoms with Crippen LogP contribution in [0.1, 0.15) is 26.3 Å². The van der Waals surface area contributed by atoms with E-state index >= 15 is 0 Å². The summed E-state index contributed by atoms with van der Waals surface area (Å²) in [6, 6.07) is 1.92. The van der Waals surface area contributed by atoms with Crippen LogP contribution >= 0.6 is 34.5 Å². The zero-order valence-corrected chi connectivity index (χ0v) is 12.2. The van der Waals surface area contributed by atoms with Gasteiger partial charge in [0.15, 0.2) is 0 Å². The molecule has 0 aliphatic heterocycles. The first-order valence-electron chi connectivity index (χ1n) is 5.28. The molecular formula is C11H18Cl2N2S. The number of thiophene rings is 1.